The predicted octanol–water partition coefficient (Wildman–Crippen LogP) is 4.11. The Bertz CT molecular complexity index is 639. The van der Waals surface area contributed by atoms with Crippen LogP contribution < -0.4 is 5.32 Å². The maximum atomic E-state index is 13.3. The number of benzene rings is 1. The molecule has 0 aliphatic rings. The fourth-order valence-corrected chi connectivity index (χ4v) is 3.20. The zero-order chi connectivity index (χ0) is 15.9. The van der Waals surface area contributed by atoms with E-state index < -0.39 is 0 Å². The van der Waals surface area contributed by atoms with Crippen LogP contribution in [0.3, 0.4) is 0 Å². The zero-order valence-electron chi connectivity index (χ0n) is 13.0. The second-order valence-corrected chi connectivity index (χ2v) is 6.33. The van der Waals surface area contributed by atoms with E-state index in [-0.39, 0.29) is 11.7 Å². The van der Waals surface area contributed by atoms with Crippen LogP contribution in [0, 0.1) is 12.7 Å². The summed E-state index contributed by atoms with van der Waals surface area (Å²) in [5.74, 6) is -0.149. The Kier molecular flexibility index (Phi) is 6.07. The molecule has 0 radical (unpaired) electrons. The van der Waals surface area contributed by atoms with Crippen molar-refractivity contribution in [2.75, 3.05) is 6.54 Å². The molecule has 0 aliphatic carbocycles. The number of thiazole rings is 1. The molecule has 22 heavy (non-hydrogen) atoms. The molecule has 0 fully saturated rings. The van der Waals surface area contributed by atoms with Crippen molar-refractivity contribution in [3.8, 4) is 10.6 Å². The largest absolute Gasteiger partial charge is 0.356 e. The van der Waals surface area contributed by atoms with Crippen molar-refractivity contribution in [1.82, 2.24) is 10.3 Å². The molecule has 5 heteroatoms. The average Bonchev–Trinajstić information content (AvgIpc) is 2.86. The van der Waals surface area contributed by atoms with Crippen LogP contribution in [-0.4, -0.2) is 17.4 Å². The van der Waals surface area contributed by atoms with Gasteiger partial charge >= 0.3 is 0 Å². The third-order valence-electron chi connectivity index (χ3n) is 3.40. The predicted molar refractivity (Wildman–Crippen MR) is 88.5 cm³/mol. The van der Waals surface area contributed by atoms with Crippen molar-refractivity contribution >= 4 is 17.2 Å². The van der Waals surface area contributed by atoms with Gasteiger partial charge in [0, 0.05) is 29.8 Å². The quantitative estimate of drug-likeness (QED) is 0.834. The molecule has 1 aromatic heterocycles. The lowest BCUT2D eigenvalue weighted by Crippen LogP contribution is -2.25. The van der Waals surface area contributed by atoms with E-state index in [4.69, 9.17) is 0 Å². The Morgan fingerprint density at radius 1 is 1.41 bits per heavy atom. The summed E-state index contributed by atoms with van der Waals surface area (Å²) >= 11 is 1.56. The maximum absolute atomic E-state index is 13.3. The van der Waals surface area contributed by atoms with Gasteiger partial charge in [0.1, 0.15) is 10.8 Å². The number of hydrogen-bond donors (Lipinski definition) is 1. The normalized spacial score (nSPS) is 10.7. The van der Waals surface area contributed by atoms with Gasteiger partial charge in [-0.3, -0.25) is 4.79 Å². The van der Waals surface area contributed by atoms with Gasteiger partial charge in [0.05, 0.1) is 5.69 Å². The number of rotatable bonds is 7. The Morgan fingerprint density at radius 2 is 2.23 bits per heavy atom. The highest BCUT2D eigenvalue weighted by Gasteiger charge is 2.10. The smallest absolute Gasteiger partial charge is 0.220 e. The van der Waals surface area contributed by atoms with Crippen LogP contribution in [0.15, 0.2) is 24.3 Å². The van der Waals surface area contributed by atoms with Crippen LogP contribution >= 0.6 is 11.3 Å². The molecule has 1 amide bonds. The molecular formula is C17H21FN2OS. The van der Waals surface area contributed by atoms with E-state index in [2.05, 4.69) is 17.2 Å². The molecule has 0 bridgehead atoms. The SMILES string of the molecule is CCCCC(=O)NCCc1sc(-c2cccc(F)c2)nc1C. The number of aromatic nitrogens is 1. The number of carbonyl (C=O) groups is 1. The summed E-state index contributed by atoms with van der Waals surface area (Å²) < 4.78 is 13.3. The summed E-state index contributed by atoms with van der Waals surface area (Å²) in [6.07, 6.45) is 3.30. The number of nitrogens with zero attached hydrogens (tertiary/aromatic N) is 1. The second-order valence-electron chi connectivity index (χ2n) is 5.24. The van der Waals surface area contributed by atoms with Crippen molar-refractivity contribution in [2.24, 2.45) is 0 Å². The van der Waals surface area contributed by atoms with Crippen molar-refractivity contribution in [1.29, 1.82) is 0 Å². The van der Waals surface area contributed by atoms with Gasteiger partial charge in [0.25, 0.3) is 0 Å². The lowest BCUT2D eigenvalue weighted by molar-refractivity contribution is -0.121. The van der Waals surface area contributed by atoms with E-state index in [1.807, 2.05) is 13.0 Å². The number of unbranched alkanes of at least 4 members (excludes halogenated alkanes) is 1. The van der Waals surface area contributed by atoms with E-state index in [0.717, 1.165) is 40.4 Å². The summed E-state index contributed by atoms with van der Waals surface area (Å²) in [6, 6.07) is 6.47. The fourth-order valence-electron chi connectivity index (χ4n) is 2.15. The van der Waals surface area contributed by atoms with Gasteiger partial charge < -0.3 is 5.32 Å². The first kappa shape index (κ1) is 16.6. The van der Waals surface area contributed by atoms with Crippen LogP contribution in [0.25, 0.3) is 10.6 Å². The van der Waals surface area contributed by atoms with E-state index in [9.17, 15) is 9.18 Å². The molecular weight excluding hydrogens is 299 g/mol. The van der Waals surface area contributed by atoms with Crippen LogP contribution in [-0.2, 0) is 11.2 Å². The molecule has 1 aromatic carbocycles. The lowest BCUT2D eigenvalue weighted by Gasteiger charge is -2.03. The van der Waals surface area contributed by atoms with E-state index >= 15 is 0 Å². The highest BCUT2D eigenvalue weighted by molar-refractivity contribution is 7.15. The molecule has 1 N–H and O–H groups in total. The van der Waals surface area contributed by atoms with Crippen molar-refractivity contribution < 1.29 is 9.18 Å². The maximum Gasteiger partial charge on any atom is 0.220 e. The molecule has 0 saturated heterocycles. The molecule has 118 valence electrons. The number of aryl methyl sites for hydroxylation is 1. The number of halogens is 1. The average molecular weight is 320 g/mol. The third kappa shape index (κ3) is 4.63. The first-order valence-corrected chi connectivity index (χ1v) is 8.40. The van der Waals surface area contributed by atoms with Gasteiger partial charge in [0.15, 0.2) is 0 Å². The first-order chi connectivity index (χ1) is 10.6. The zero-order valence-corrected chi connectivity index (χ0v) is 13.8. The summed E-state index contributed by atoms with van der Waals surface area (Å²) in [5.41, 5.74) is 1.75. The minimum Gasteiger partial charge on any atom is -0.356 e. The highest BCUT2D eigenvalue weighted by atomic mass is 32.1. The molecule has 1 heterocycles. The monoisotopic (exact) mass is 320 g/mol. The number of nitrogens with one attached hydrogen (secondary N) is 1. The minimum absolute atomic E-state index is 0.106. The fraction of sp³-hybridized carbons (Fsp3) is 0.412. The summed E-state index contributed by atoms with van der Waals surface area (Å²) in [7, 11) is 0. The van der Waals surface area contributed by atoms with Crippen molar-refractivity contribution in [2.45, 2.75) is 39.5 Å². The molecule has 2 aromatic rings. The minimum atomic E-state index is -0.255. The second kappa shape index (κ2) is 8.03. The topological polar surface area (TPSA) is 42.0 Å². The summed E-state index contributed by atoms with van der Waals surface area (Å²) in [5, 5.41) is 3.75. The standard InChI is InChI=1S/C17H21FN2OS/c1-3-4-8-16(21)19-10-9-15-12(2)20-17(22-15)13-6-5-7-14(18)11-13/h5-7,11H,3-4,8-10H2,1-2H3,(H,19,21). The van der Waals surface area contributed by atoms with E-state index in [1.165, 1.54) is 12.1 Å². The van der Waals surface area contributed by atoms with Crippen LogP contribution in [0.4, 0.5) is 4.39 Å². The molecule has 0 atom stereocenters. The van der Waals surface area contributed by atoms with Gasteiger partial charge in [-0.25, -0.2) is 9.37 Å². The number of hydrogen-bond acceptors (Lipinski definition) is 3. The van der Waals surface area contributed by atoms with E-state index in [0.29, 0.717) is 13.0 Å². The van der Waals surface area contributed by atoms with Crippen LogP contribution in [0.1, 0.15) is 36.8 Å². The van der Waals surface area contributed by atoms with Crippen molar-refractivity contribution in [3.63, 3.8) is 0 Å². The van der Waals surface area contributed by atoms with Gasteiger partial charge in [-0.05, 0) is 25.5 Å². The molecule has 3 nitrogen and oxygen atoms in total. The van der Waals surface area contributed by atoms with E-state index in [1.54, 1.807) is 17.4 Å². The number of amides is 1. The molecule has 0 aliphatic heterocycles. The van der Waals surface area contributed by atoms with Gasteiger partial charge in [-0.15, -0.1) is 11.3 Å². The van der Waals surface area contributed by atoms with Gasteiger partial charge in [-0.2, -0.15) is 0 Å². The molecule has 0 saturated carbocycles. The Hall–Kier alpha value is -1.75. The first-order valence-electron chi connectivity index (χ1n) is 7.59. The molecule has 0 unspecified atom stereocenters. The third-order valence-corrected chi connectivity index (χ3v) is 4.66. The molecule has 2 rings (SSSR count). The van der Waals surface area contributed by atoms with Crippen molar-refractivity contribution in [3.05, 3.63) is 40.7 Å². The lowest BCUT2D eigenvalue weighted by atomic mass is 10.2. The van der Waals surface area contributed by atoms with Gasteiger partial charge in [0.2, 0.25) is 5.91 Å². The summed E-state index contributed by atoms with van der Waals surface area (Å²) in [6.45, 7) is 4.64. The Morgan fingerprint density at radius 3 is 2.95 bits per heavy atom. The Labute approximate surface area is 134 Å². The highest BCUT2D eigenvalue weighted by Crippen LogP contribution is 2.28. The molecule has 0 spiro atoms. The van der Waals surface area contributed by atoms with Crippen LogP contribution in [0.2, 0.25) is 0 Å². The van der Waals surface area contributed by atoms with Gasteiger partial charge in [-0.1, -0.05) is 25.5 Å². The Balaban J connectivity index is 1.94. The van der Waals surface area contributed by atoms with Crippen LogP contribution in [0.5, 0.6) is 0 Å². The summed E-state index contributed by atoms with van der Waals surface area (Å²) in [4.78, 5) is 17.2. The number of carbonyl (C=O) groups excluding carboxylic acids is 1.